The zero-order valence-corrected chi connectivity index (χ0v) is 16.5. The molecule has 1 saturated heterocycles. The predicted molar refractivity (Wildman–Crippen MR) is 111 cm³/mol. The van der Waals surface area contributed by atoms with E-state index in [1.807, 2.05) is 11.6 Å². The molecule has 0 saturated carbocycles. The third kappa shape index (κ3) is 4.66. The quantitative estimate of drug-likeness (QED) is 0.623. The number of nitrogens with zero attached hydrogens (tertiary/aromatic N) is 5. The Balaban J connectivity index is 1.49. The minimum absolute atomic E-state index is 0.657. The van der Waals surface area contributed by atoms with Gasteiger partial charge in [-0.05, 0) is 31.5 Å². The van der Waals surface area contributed by atoms with Crippen LogP contribution in [0.15, 0.2) is 40.8 Å². The van der Waals surface area contributed by atoms with Gasteiger partial charge in [0.15, 0.2) is 11.1 Å². The van der Waals surface area contributed by atoms with Crippen LogP contribution in [0.2, 0.25) is 0 Å². The fraction of sp³-hybridized carbons (Fsp3) is 0.474. The molecule has 2 heterocycles. The minimum atomic E-state index is 0.657. The highest BCUT2D eigenvalue weighted by atomic mass is 32.1. The zero-order valence-electron chi connectivity index (χ0n) is 15.6. The molecule has 1 aromatic heterocycles. The first-order valence-electron chi connectivity index (χ1n) is 9.18. The standard InChI is InChI=1S/C19H28N6S/c1-3-23(17-6-4-5-16(2)15-17)9-7-21-18(20)24-10-12-25(13-11-24)19-22-8-14-26-19/h4-6,8,14-15H,3,7,9-13H2,1-2H3,(H2,20,21). The Kier molecular flexibility index (Phi) is 6.33. The van der Waals surface area contributed by atoms with Gasteiger partial charge in [0.25, 0.3) is 0 Å². The number of benzene rings is 1. The van der Waals surface area contributed by atoms with E-state index >= 15 is 0 Å². The van der Waals surface area contributed by atoms with E-state index in [9.17, 15) is 0 Å². The molecule has 0 spiro atoms. The van der Waals surface area contributed by atoms with Crippen molar-refractivity contribution in [1.82, 2.24) is 9.88 Å². The highest BCUT2D eigenvalue weighted by Crippen LogP contribution is 2.19. The fourth-order valence-electron chi connectivity index (χ4n) is 3.18. The second-order valence-electron chi connectivity index (χ2n) is 6.45. The largest absolute Gasteiger partial charge is 0.370 e. The van der Waals surface area contributed by atoms with Crippen LogP contribution in [0.25, 0.3) is 0 Å². The SMILES string of the molecule is CCN(CCN=C(N)N1CCN(c2nccs2)CC1)c1cccc(C)c1. The minimum Gasteiger partial charge on any atom is -0.370 e. The molecule has 1 fully saturated rings. The van der Waals surface area contributed by atoms with Crippen LogP contribution in [0.3, 0.4) is 0 Å². The number of likely N-dealkylation sites (N-methyl/N-ethyl adjacent to an activating group) is 1. The van der Waals surface area contributed by atoms with Gasteiger partial charge < -0.3 is 20.4 Å². The van der Waals surface area contributed by atoms with Crippen LogP contribution in [0, 0.1) is 6.92 Å². The molecule has 0 bridgehead atoms. The van der Waals surface area contributed by atoms with Gasteiger partial charge in [0, 0.05) is 56.5 Å². The molecule has 0 atom stereocenters. The van der Waals surface area contributed by atoms with Gasteiger partial charge in [-0.3, -0.25) is 4.99 Å². The summed E-state index contributed by atoms with van der Waals surface area (Å²) in [6, 6.07) is 8.60. The monoisotopic (exact) mass is 372 g/mol. The van der Waals surface area contributed by atoms with Crippen LogP contribution in [0.5, 0.6) is 0 Å². The fourth-order valence-corrected chi connectivity index (χ4v) is 3.88. The van der Waals surface area contributed by atoms with Crippen molar-refractivity contribution in [1.29, 1.82) is 0 Å². The normalized spacial score (nSPS) is 15.4. The van der Waals surface area contributed by atoms with E-state index < -0.39 is 0 Å². The van der Waals surface area contributed by atoms with Gasteiger partial charge in [-0.1, -0.05) is 12.1 Å². The Labute approximate surface area is 160 Å². The molecular weight excluding hydrogens is 344 g/mol. The van der Waals surface area contributed by atoms with Crippen molar-refractivity contribution < 1.29 is 0 Å². The Morgan fingerprint density at radius 2 is 2.12 bits per heavy atom. The number of guanidine groups is 1. The number of anilines is 2. The van der Waals surface area contributed by atoms with Crippen molar-refractivity contribution in [2.45, 2.75) is 13.8 Å². The van der Waals surface area contributed by atoms with Crippen molar-refractivity contribution in [2.24, 2.45) is 10.7 Å². The topological polar surface area (TPSA) is 61.0 Å². The van der Waals surface area contributed by atoms with Gasteiger partial charge in [-0.15, -0.1) is 11.3 Å². The number of aliphatic imine (C=N–C) groups is 1. The highest BCUT2D eigenvalue weighted by Gasteiger charge is 2.19. The molecule has 0 radical (unpaired) electrons. The molecule has 1 aliphatic heterocycles. The van der Waals surface area contributed by atoms with E-state index in [0.29, 0.717) is 12.5 Å². The summed E-state index contributed by atoms with van der Waals surface area (Å²) in [6.45, 7) is 10.5. The molecule has 0 amide bonds. The lowest BCUT2D eigenvalue weighted by Gasteiger charge is -2.35. The number of hydrogen-bond donors (Lipinski definition) is 1. The van der Waals surface area contributed by atoms with Gasteiger partial charge in [-0.2, -0.15) is 0 Å². The van der Waals surface area contributed by atoms with E-state index in [-0.39, 0.29) is 0 Å². The summed E-state index contributed by atoms with van der Waals surface area (Å²) >= 11 is 1.69. The number of aromatic nitrogens is 1. The first-order valence-corrected chi connectivity index (χ1v) is 10.1. The Morgan fingerprint density at radius 1 is 1.31 bits per heavy atom. The molecule has 140 valence electrons. The van der Waals surface area contributed by atoms with E-state index in [2.05, 4.69) is 62.8 Å². The van der Waals surface area contributed by atoms with Crippen molar-refractivity contribution >= 4 is 28.1 Å². The highest BCUT2D eigenvalue weighted by molar-refractivity contribution is 7.13. The van der Waals surface area contributed by atoms with Gasteiger partial charge in [0.05, 0.1) is 6.54 Å². The van der Waals surface area contributed by atoms with E-state index in [4.69, 9.17) is 5.73 Å². The number of nitrogens with two attached hydrogens (primary N) is 1. The van der Waals surface area contributed by atoms with Gasteiger partial charge in [-0.25, -0.2) is 4.98 Å². The Bertz CT molecular complexity index is 707. The Hall–Kier alpha value is -2.28. The van der Waals surface area contributed by atoms with Crippen LogP contribution in [0.4, 0.5) is 10.8 Å². The summed E-state index contributed by atoms with van der Waals surface area (Å²) in [5, 5.41) is 3.11. The second kappa shape index (κ2) is 8.89. The molecule has 2 N–H and O–H groups in total. The number of thiazole rings is 1. The lowest BCUT2D eigenvalue weighted by atomic mass is 10.2. The van der Waals surface area contributed by atoms with Crippen molar-refractivity contribution in [3.05, 3.63) is 41.4 Å². The van der Waals surface area contributed by atoms with Crippen LogP contribution in [-0.2, 0) is 0 Å². The molecule has 26 heavy (non-hydrogen) atoms. The van der Waals surface area contributed by atoms with Crippen molar-refractivity contribution in [3.8, 4) is 0 Å². The number of aryl methyl sites for hydroxylation is 1. The molecule has 3 rings (SSSR count). The molecule has 1 aliphatic rings. The molecule has 0 aliphatic carbocycles. The van der Waals surface area contributed by atoms with Crippen LogP contribution >= 0.6 is 11.3 Å². The second-order valence-corrected chi connectivity index (χ2v) is 7.32. The number of hydrogen-bond acceptors (Lipinski definition) is 5. The van der Waals surface area contributed by atoms with Gasteiger partial charge in [0.1, 0.15) is 0 Å². The lowest BCUT2D eigenvalue weighted by Crippen LogP contribution is -2.51. The number of rotatable bonds is 6. The van der Waals surface area contributed by atoms with Crippen molar-refractivity contribution in [2.75, 3.05) is 55.6 Å². The number of piperazine rings is 1. The maximum atomic E-state index is 6.23. The van der Waals surface area contributed by atoms with Crippen molar-refractivity contribution in [3.63, 3.8) is 0 Å². The first kappa shape index (κ1) is 18.5. The van der Waals surface area contributed by atoms with E-state index in [0.717, 1.165) is 44.4 Å². The maximum Gasteiger partial charge on any atom is 0.191 e. The summed E-state index contributed by atoms with van der Waals surface area (Å²) < 4.78 is 0. The molecule has 1 aromatic carbocycles. The van der Waals surface area contributed by atoms with E-state index in [1.165, 1.54) is 11.3 Å². The molecule has 6 nitrogen and oxygen atoms in total. The summed E-state index contributed by atoms with van der Waals surface area (Å²) in [4.78, 5) is 15.8. The average molecular weight is 373 g/mol. The summed E-state index contributed by atoms with van der Waals surface area (Å²) in [6.07, 6.45) is 1.86. The molecule has 0 unspecified atom stereocenters. The van der Waals surface area contributed by atoms with Crippen LogP contribution in [-0.4, -0.2) is 61.7 Å². The smallest absolute Gasteiger partial charge is 0.191 e. The maximum absolute atomic E-state index is 6.23. The van der Waals surface area contributed by atoms with Gasteiger partial charge in [0.2, 0.25) is 0 Å². The Morgan fingerprint density at radius 3 is 2.77 bits per heavy atom. The predicted octanol–water partition coefficient (Wildman–Crippen LogP) is 2.41. The lowest BCUT2D eigenvalue weighted by molar-refractivity contribution is 0.380. The summed E-state index contributed by atoms with van der Waals surface area (Å²) in [5.41, 5.74) is 8.76. The third-order valence-corrected chi connectivity index (χ3v) is 5.52. The first-order chi connectivity index (χ1) is 12.7. The van der Waals surface area contributed by atoms with Crippen LogP contribution in [0.1, 0.15) is 12.5 Å². The average Bonchev–Trinajstić information content (AvgIpc) is 3.20. The molecular formula is C19H28N6S. The molecule has 7 heteroatoms. The summed E-state index contributed by atoms with van der Waals surface area (Å²) in [5.74, 6) is 0.657. The molecule has 2 aromatic rings. The van der Waals surface area contributed by atoms with Gasteiger partial charge >= 0.3 is 0 Å². The zero-order chi connectivity index (χ0) is 18.4. The third-order valence-electron chi connectivity index (χ3n) is 4.69. The van der Waals surface area contributed by atoms with E-state index in [1.54, 1.807) is 11.3 Å². The van der Waals surface area contributed by atoms with Crippen LogP contribution < -0.4 is 15.5 Å². The summed E-state index contributed by atoms with van der Waals surface area (Å²) in [7, 11) is 0.